The zero-order valence-corrected chi connectivity index (χ0v) is 12.9. The molecule has 0 atom stereocenters. The van der Waals surface area contributed by atoms with Crippen LogP contribution in [0.4, 0.5) is 11.4 Å². The summed E-state index contributed by atoms with van der Waals surface area (Å²) in [5.74, 6) is -0.161. The molecule has 21 heavy (non-hydrogen) atoms. The van der Waals surface area contributed by atoms with Crippen molar-refractivity contribution in [2.75, 3.05) is 11.9 Å². The fraction of sp³-hybridized carbons (Fsp3) is 0.294. The van der Waals surface area contributed by atoms with E-state index in [0.717, 1.165) is 11.4 Å². The summed E-state index contributed by atoms with van der Waals surface area (Å²) in [6, 6.07) is 13.7. The maximum Gasteiger partial charge on any atom is 0.270 e. The third-order valence-electron chi connectivity index (χ3n) is 3.00. The van der Waals surface area contributed by atoms with Crippen molar-refractivity contribution in [1.29, 1.82) is 0 Å². The molecule has 1 amide bonds. The Morgan fingerprint density at radius 2 is 1.76 bits per heavy atom. The summed E-state index contributed by atoms with van der Waals surface area (Å²) in [5.41, 5.74) is 2.13. The highest BCUT2D eigenvalue weighted by Gasteiger charge is 2.17. The number of carbonyl (C=O) groups is 1. The molecular weight excluding hydrogens is 262 g/mol. The second-order valence-corrected chi connectivity index (χ2v) is 6.00. The van der Waals surface area contributed by atoms with Gasteiger partial charge in [0.15, 0.2) is 0 Å². The van der Waals surface area contributed by atoms with Crippen molar-refractivity contribution in [3.8, 4) is 0 Å². The number of hydrogen-bond acceptors (Lipinski definition) is 3. The van der Waals surface area contributed by atoms with Crippen molar-refractivity contribution in [2.24, 2.45) is 0 Å². The quantitative estimate of drug-likeness (QED) is 0.939. The van der Waals surface area contributed by atoms with Gasteiger partial charge in [0.2, 0.25) is 0 Å². The van der Waals surface area contributed by atoms with Crippen molar-refractivity contribution in [1.82, 2.24) is 10.3 Å². The zero-order chi connectivity index (χ0) is 15.5. The van der Waals surface area contributed by atoms with Gasteiger partial charge in [0.05, 0.1) is 0 Å². The normalized spacial score (nSPS) is 11.0. The van der Waals surface area contributed by atoms with Crippen molar-refractivity contribution >= 4 is 17.3 Å². The molecular formula is C17H21N3O. The molecule has 0 aliphatic heterocycles. The van der Waals surface area contributed by atoms with Crippen molar-refractivity contribution in [3.05, 3.63) is 54.4 Å². The van der Waals surface area contributed by atoms with Gasteiger partial charge in [-0.15, -0.1) is 0 Å². The fourth-order valence-electron chi connectivity index (χ4n) is 1.96. The molecule has 1 aromatic carbocycles. The Morgan fingerprint density at radius 3 is 2.38 bits per heavy atom. The molecule has 1 heterocycles. The number of nitrogens with zero attached hydrogens (tertiary/aromatic N) is 2. The Labute approximate surface area is 125 Å². The van der Waals surface area contributed by atoms with Crippen molar-refractivity contribution in [2.45, 2.75) is 26.3 Å². The first-order chi connectivity index (χ1) is 9.87. The second kappa shape index (κ2) is 5.95. The standard InChI is InChI=1S/C17H21N3O/c1-17(2,3)19-16(21)15-12-14(10-11-18-15)20(4)13-8-6-5-7-9-13/h5-12H,1-4H3,(H,19,21). The minimum atomic E-state index is -0.278. The van der Waals surface area contributed by atoms with Gasteiger partial charge in [0.25, 0.3) is 5.91 Å². The molecule has 2 rings (SSSR count). The van der Waals surface area contributed by atoms with Gasteiger partial charge in [0, 0.05) is 30.2 Å². The average Bonchev–Trinajstić information content (AvgIpc) is 2.46. The van der Waals surface area contributed by atoms with Gasteiger partial charge in [-0.25, -0.2) is 0 Å². The zero-order valence-electron chi connectivity index (χ0n) is 12.9. The minimum absolute atomic E-state index is 0.161. The lowest BCUT2D eigenvalue weighted by Crippen LogP contribution is -2.40. The van der Waals surface area contributed by atoms with Crippen LogP contribution in [0.3, 0.4) is 0 Å². The summed E-state index contributed by atoms with van der Waals surface area (Å²) in [6.07, 6.45) is 1.66. The number of amides is 1. The number of carbonyl (C=O) groups excluding carboxylic acids is 1. The molecule has 4 nitrogen and oxygen atoms in total. The van der Waals surface area contributed by atoms with Crippen LogP contribution in [0.1, 0.15) is 31.3 Å². The van der Waals surface area contributed by atoms with E-state index in [1.807, 2.05) is 69.1 Å². The first-order valence-electron chi connectivity index (χ1n) is 6.94. The first kappa shape index (κ1) is 15.0. The summed E-state index contributed by atoms with van der Waals surface area (Å²) in [7, 11) is 1.97. The summed E-state index contributed by atoms with van der Waals surface area (Å²) < 4.78 is 0. The number of hydrogen-bond donors (Lipinski definition) is 1. The summed E-state index contributed by atoms with van der Waals surface area (Å²) >= 11 is 0. The molecule has 0 saturated heterocycles. The summed E-state index contributed by atoms with van der Waals surface area (Å²) in [5, 5.41) is 2.92. The Hall–Kier alpha value is -2.36. The predicted octanol–water partition coefficient (Wildman–Crippen LogP) is 3.38. The SMILES string of the molecule is CN(c1ccccc1)c1ccnc(C(=O)NC(C)(C)C)c1. The van der Waals surface area contributed by atoms with Crippen LogP contribution in [0.2, 0.25) is 0 Å². The van der Waals surface area contributed by atoms with Crippen LogP contribution in [0.5, 0.6) is 0 Å². The third kappa shape index (κ3) is 4.05. The van der Waals surface area contributed by atoms with Gasteiger partial charge in [-0.2, -0.15) is 0 Å². The van der Waals surface area contributed by atoms with E-state index in [4.69, 9.17) is 0 Å². The number of aromatic nitrogens is 1. The molecule has 0 radical (unpaired) electrons. The molecule has 0 spiro atoms. The number of pyridine rings is 1. The van der Waals surface area contributed by atoms with E-state index >= 15 is 0 Å². The largest absolute Gasteiger partial charge is 0.346 e. The number of nitrogens with one attached hydrogen (secondary N) is 1. The highest BCUT2D eigenvalue weighted by Crippen LogP contribution is 2.23. The van der Waals surface area contributed by atoms with E-state index in [2.05, 4.69) is 10.3 Å². The van der Waals surface area contributed by atoms with E-state index in [9.17, 15) is 4.79 Å². The van der Waals surface area contributed by atoms with Crippen LogP contribution in [0.25, 0.3) is 0 Å². The van der Waals surface area contributed by atoms with Gasteiger partial charge >= 0.3 is 0 Å². The molecule has 2 aromatic rings. The minimum Gasteiger partial charge on any atom is -0.346 e. The number of rotatable bonds is 3. The van der Waals surface area contributed by atoms with E-state index in [0.29, 0.717) is 5.69 Å². The van der Waals surface area contributed by atoms with Crippen LogP contribution in [-0.2, 0) is 0 Å². The van der Waals surface area contributed by atoms with E-state index in [1.54, 1.807) is 12.3 Å². The van der Waals surface area contributed by atoms with Crippen LogP contribution in [0.15, 0.2) is 48.7 Å². The number of para-hydroxylation sites is 1. The Balaban J connectivity index is 2.24. The summed E-state index contributed by atoms with van der Waals surface area (Å²) in [4.78, 5) is 18.4. The molecule has 1 aromatic heterocycles. The topological polar surface area (TPSA) is 45.2 Å². The molecule has 0 aliphatic rings. The lowest BCUT2D eigenvalue weighted by atomic mass is 10.1. The lowest BCUT2D eigenvalue weighted by Gasteiger charge is -2.22. The molecule has 1 N–H and O–H groups in total. The Morgan fingerprint density at radius 1 is 1.10 bits per heavy atom. The Bertz CT molecular complexity index is 617. The molecule has 110 valence electrons. The highest BCUT2D eigenvalue weighted by molar-refractivity contribution is 5.93. The Kier molecular flexibility index (Phi) is 4.26. The van der Waals surface area contributed by atoms with Crippen LogP contribution < -0.4 is 10.2 Å². The van der Waals surface area contributed by atoms with Crippen molar-refractivity contribution < 1.29 is 4.79 Å². The second-order valence-electron chi connectivity index (χ2n) is 6.00. The number of benzene rings is 1. The lowest BCUT2D eigenvalue weighted by molar-refractivity contribution is 0.0914. The van der Waals surface area contributed by atoms with E-state index < -0.39 is 0 Å². The van der Waals surface area contributed by atoms with E-state index in [-0.39, 0.29) is 11.4 Å². The number of anilines is 2. The maximum atomic E-state index is 12.2. The average molecular weight is 283 g/mol. The van der Waals surface area contributed by atoms with Gasteiger partial charge in [-0.05, 0) is 45.0 Å². The van der Waals surface area contributed by atoms with Gasteiger partial charge in [-0.1, -0.05) is 18.2 Å². The van der Waals surface area contributed by atoms with Gasteiger partial charge in [0.1, 0.15) is 5.69 Å². The fourth-order valence-corrected chi connectivity index (χ4v) is 1.96. The van der Waals surface area contributed by atoms with Crippen LogP contribution >= 0.6 is 0 Å². The van der Waals surface area contributed by atoms with E-state index in [1.165, 1.54) is 0 Å². The third-order valence-corrected chi connectivity index (χ3v) is 3.00. The molecule has 0 fully saturated rings. The monoisotopic (exact) mass is 283 g/mol. The molecule has 4 heteroatoms. The molecule has 0 unspecified atom stereocenters. The maximum absolute atomic E-state index is 12.2. The summed E-state index contributed by atoms with van der Waals surface area (Å²) in [6.45, 7) is 5.85. The molecule has 0 saturated carbocycles. The molecule has 0 aliphatic carbocycles. The van der Waals surface area contributed by atoms with Crippen LogP contribution in [-0.4, -0.2) is 23.5 Å². The van der Waals surface area contributed by atoms with Gasteiger partial charge < -0.3 is 10.2 Å². The van der Waals surface area contributed by atoms with Crippen LogP contribution in [0, 0.1) is 0 Å². The smallest absolute Gasteiger partial charge is 0.270 e. The van der Waals surface area contributed by atoms with Gasteiger partial charge in [-0.3, -0.25) is 9.78 Å². The van der Waals surface area contributed by atoms with Crippen molar-refractivity contribution in [3.63, 3.8) is 0 Å². The highest BCUT2D eigenvalue weighted by atomic mass is 16.2. The molecule has 0 bridgehead atoms. The predicted molar refractivity (Wildman–Crippen MR) is 86.0 cm³/mol. The first-order valence-corrected chi connectivity index (χ1v) is 6.94.